The van der Waals surface area contributed by atoms with Crippen molar-refractivity contribution in [3.05, 3.63) is 62.2 Å². The maximum absolute atomic E-state index is 13.4. The van der Waals surface area contributed by atoms with Crippen LogP contribution in [-0.4, -0.2) is 22.1 Å². The molecular weight excluding hydrogens is 295 g/mol. The number of hydrogen-bond acceptors (Lipinski definition) is 5. The van der Waals surface area contributed by atoms with E-state index in [1.54, 1.807) is 19.1 Å². The molecule has 0 bridgehead atoms. The van der Waals surface area contributed by atoms with Gasteiger partial charge in [-0.3, -0.25) is 14.3 Å². The second kappa shape index (κ2) is 5.14. The summed E-state index contributed by atoms with van der Waals surface area (Å²) in [6.45, 7) is 2.22. The fourth-order valence-electron chi connectivity index (χ4n) is 2.26. The lowest BCUT2D eigenvalue weighted by molar-refractivity contribution is 0.0306. The van der Waals surface area contributed by atoms with Crippen molar-refractivity contribution in [3.8, 4) is 5.75 Å². The quantitative estimate of drug-likeness (QED) is 0.847. The number of fused-ring (bicyclic) bond motifs is 1. The van der Waals surface area contributed by atoms with Gasteiger partial charge in [0.25, 0.3) is 5.56 Å². The van der Waals surface area contributed by atoms with Crippen LogP contribution in [0.4, 0.5) is 4.39 Å². The van der Waals surface area contributed by atoms with E-state index in [4.69, 9.17) is 9.47 Å². The molecule has 0 amide bonds. The van der Waals surface area contributed by atoms with E-state index in [0.29, 0.717) is 24.1 Å². The lowest BCUT2D eigenvalue weighted by Gasteiger charge is -2.14. The highest BCUT2D eigenvalue weighted by atomic mass is 19.1. The van der Waals surface area contributed by atoms with Gasteiger partial charge >= 0.3 is 11.7 Å². The summed E-state index contributed by atoms with van der Waals surface area (Å²) < 4.78 is 24.7. The average molecular weight is 306 g/mol. The smallest absolute Gasteiger partial charge is 0.340 e. The van der Waals surface area contributed by atoms with Gasteiger partial charge in [-0.25, -0.2) is 9.59 Å². The zero-order valence-corrected chi connectivity index (χ0v) is 11.5. The molecule has 0 fully saturated rings. The Hall–Kier alpha value is -2.90. The van der Waals surface area contributed by atoms with Gasteiger partial charge in [0.1, 0.15) is 5.75 Å². The molecule has 114 valence electrons. The van der Waals surface area contributed by atoms with Crippen LogP contribution in [0.5, 0.6) is 5.75 Å². The van der Waals surface area contributed by atoms with Gasteiger partial charge in [0.05, 0.1) is 18.4 Å². The third-order valence-corrected chi connectivity index (χ3v) is 3.22. The molecule has 1 unspecified atom stereocenters. The third kappa shape index (κ3) is 2.18. The number of carbonyl (C=O) groups excluding carboxylic acids is 1. The number of carbonyl (C=O) groups is 1. The summed E-state index contributed by atoms with van der Waals surface area (Å²) in [7, 11) is 0. The first-order valence-electron chi connectivity index (χ1n) is 6.50. The topological polar surface area (TPSA) is 90.4 Å². The first-order valence-corrected chi connectivity index (χ1v) is 6.50. The van der Waals surface area contributed by atoms with Crippen molar-refractivity contribution in [3.63, 3.8) is 0 Å². The monoisotopic (exact) mass is 306 g/mol. The standard InChI is InChI=1S/C14H11FN2O5/c1-2-21-7-3-4-8-9(5-7)12(22-13(8)19)17-6-10(15)11(18)16-14(17)20/h3-6,12H,2H2,1H3,(H,16,18,20). The van der Waals surface area contributed by atoms with Crippen molar-refractivity contribution in [2.24, 2.45) is 0 Å². The van der Waals surface area contributed by atoms with E-state index in [2.05, 4.69) is 0 Å². The van der Waals surface area contributed by atoms with Crippen molar-refractivity contribution in [1.29, 1.82) is 0 Å². The fourth-order valence-corrected chi connectivity index (χ4v) is 2.26. The van der Waals surface area contributed by atoms with Crippen molar-refractivity contribution in [1.82, 2.24) is 9.55 Å². The van der Waals surface area contributed by atoms with Crippen LogP contribution in [-0.2, 0) is 4.74 Å². The summed E-state index contributed by atoms with van der Waals surface area (Å²) in [6.07, 6.45) is -0.441. The summed E-state index contributed by atoms with van der Waals surface area (Å²) in [5.74, 6) is -1.30. The van der Waals surface area contributed by atoms with Crippen LogP contribution >= 0.6 is 0 Å². The molecule has 22 heavy (non-hydrogen) atoms. The molecule has 0 aliphatic carbocycles. The van der Waals surface area contributed by atoms with E-state index < -0.39 is 29.3 Å². The van der Waals surface area contributed by atoms with Crippen molar-refractivity contribution in [2.75, 3.05) is 6.61 Å². The number of aromatic nitrogens is 2. The van der Waals surface area contributed by atoms with E-state index in [1.807, 2.05) is 4.98 Å². The number of esters is 1. The second-order valence-corrected chi connectivity index (χ2v) is 4.58. The van der Waals surface area contributed by atoms with Crippen LogP contribution < -0.4 is 16.0 Å². The molecule has 1 aliphatic rings. The minimum absolute atomic E-state index is 0.256. The molecule has 0 saturated heterocycles. The van der Waals surface area contributed by atoms with E-state index in [1.165, 1.54) is 6.07 Å². The molecule has 1 aliphatic heterocycles. The molecule has 0 radical (unpaired) electrons. The lowest BCUT2D eigenvalue weighted by atomic mass is 10.1. The second-order valence-electron chi connectivity index (χ2n) is 4.58. The Kier molecular flexibility index (Phi) is 3.28. The van der Waals surface area contributed by atoms with Gasteiger partial charge in [-0.1, -0.05) is 0 Å². The lowest BCUT2D eigenvalue weighted by Crippen LogP contribution is -2.34. The molecule has 1 aromatic heterocycles. The van der Waals surface area contributed by atoms with Gasteiger partial charge in [0, 0.05) is 5.56 Å². The maximum Gasteiger partial charge on any atom is 0.340 e. The number of H-pyrrole nitrogens is 1. The average Bonchev–Trinajstić information content (AvgIpc) is 2.80. The Labute approximate surface area is 122 Å². The first-order chi connectivity index (χ1) is 10.5. The number of aromatic amines is 1. The molecule has 1 N–H and O–H groups in total. The zero-order valence-electron chi connectivity index (χ0n) is 11.5. The molecule has 8 heteroatoms. The molecule has 2 aromatic rings. The Bertz CT molecular complexity index is 870. The summed E-state index contributed by atoms with van der Waals surface area (Å²) in [5, 5.41) is 0. The Balaban J connectivity index is 2.14. The van der Waals surface area contributed by atoms with Gasteiger partial charge in [0.2, 0.25) is 12.0 Å². The van der Waals surface area contributed by atoms with Gasteiger partial charge in [0.15, 0.2) is 0 Å². The Morgan fingerprint density at radius 1 is 1.36 bits per heavy atom. The van der Waals surface area contributed by atoms with Crippen molar-refractivity contribution < 1.29 is 18.7 Å². The number of ether oxygens (including phenoxy) is 2. The molecule has 7 nitrogen and oxygen atoms in total. The zero-order chi connectivity index (χ0) is 15.9. The number of rotatable bonds is 3. The number of hydrogen-bond donors (Lipinski definition) is 1. The summed E-state index contributed by atoms with van der Waals surface area (Å²) in [6, 6.07) is 4.65. The summed E-state index contributed by atoms with van der Waals surface area (Å²) in [5.41, 5.74) is -1.39. The van der Waals surface area contributed by atoms with Gasteiger partial charge in [-0.05, 0) is 25.1 Å². The predicted molar refractivity (Wildman–Crippen MR) is 72.4 cm³/mol. The highest BCUT2D eigenvalue weighted by Gasteiger charge is 2.33. The van der Waals surface area contributed by atoms with Crippen molar-refractivity contribution in [2.45, 2.75) is 13.2 Å². The van der Waals surface area contributed by atoms with E-state index in [0.717, 1.165) is 4.57 Å². The first kappa shape index (κ1) is 14.1. The SMILES string of the molecule is CCOc1ccc2c(c1)C(n1cc(F)c(=O)[nH]c1=O)OC2=O. The number of halogens is 1. The third-order valence-electron chi connectivity index (χ3n) is 3.22. The summed E-state index contributed by atoms with van der Waals surface area (Å²) >= 11 is 0. The molecule has 0 spiro atoms. The number of nitrogens with one attached hydrogen (secondary N) is 1. The van der Waals surface area contributed by atoms with Gasteiger partial charge < -0.3 is 9.47 Å². The highest BCUT2D eigenvalue weighted by molar-refractivity contribution is 5.94. The molecule has 1 aromatic carbocycles. The van der Waals surface area contributed by atoms with Crippen LogP contribution in [0.25, 0.3) is 0 Å². The largest absolute Gasteiger partial charge is 0.494 e. The molecule has 3 rings (SSSR count). The van der Waals surface area contributed by atoms with Crippen LogP contribution in [0.1, 0.15) is 29.1 Å². The maximum atomic E-state index is 13.4. The normalized spacial score (nSPS) is 16.3. The van der Waals surface area contributed by atoms with Crippen LogP contribution in [0.3, 0.4) is 0 Å². The molecule has 1 atom stereocenters. The van der Waals surface area contributed by atoms with E-state index >= 15 is 0 Å². The van der Waals surface area contributed by atoms with E-state index in [-0.39, 0.29) is 5.56 Å². The Morgan fingerprint density at radius 2 is 2.14 bits per heavy atom. The molecular formula is C14H11FN2O5. The van der Waals surface area contributed by atoms with Crippen LogP contribution in [0, 0.1) is 5.82 Å². The van der Waals surface area contributed by atoms with E-state index in [9.17, 15) is 18.8 Å². The number of nitrogens with zero attached hydrogens (tertiary/aromatic N) is 1. The minimum atomic E-state index is -1.15. The predicted octanol–water partition coefficient (Wildman–Crippen LogP) is 0.792. The van der Waals surface area contributed by atoms with Crippen LogP contribution in [0.2, 0.25) is 0 Å². The van der Waals surface area contributed by atoms with Crippen LogP contribution in [0.15, 0.2) is 34.0 Å². The van der Waals surface area contributed by atoms with Gasteiger partial charge in [-0.15, -0.1) is 0 Å². The Morgan fingerprint density at radius 3 is 2.86 bits per heavy atom. The molecule has 2 heterocycles. The molecule has 0 saturated carbocycles. The van der Waals surface area contributed by atoms with Gasteiger partial charge in [-0.2, -0.15) is 4.39 Å². The highest BCUT2D eigenvalue weighted by Crippen LogP contribution is 2.33. The fraction of sp³-hybridized carbons (Fsp3) is 0.214. The minimum Gasteiger partial charge on any atom is -0.494 e. The summed E-state index contributed by atoms with van der Waals surface area (Å²) in [4.78, 5) is 36.6. The van der Waals surface area contributed by atoms with Crippen molar-refractivity contribution >= 4 is 5.97 Å². The number of benzene rings is 1. The number of cyclic esters (lactones) is 1.